The van der Waals surface area contributed by atoms with Crippen LogP contribution in [0.4, 0.5) is 0 Å². The lowest BCUT2D eigenvalue weighted by Crippen LogP contribution is -2.64. The molecule has 1 aromatic heterocycles. The third-order valence-corrected chi connectivity index (χ3v) is 5.39. The quantitative estimate of drug-likeness (QED) is 0.839. The number of ether oxygens (including phenoxy) is 2. The maximum Gasteiger partial charge on any atom is 0.0935 e. The van der Waals surface area contributed by atoms with Crippen molar-refractivity contribution in [2.75, 3.05) is 52.5 Å². The monoisotopic (exact) mass is 317 g/mol. The molecule has 23 heavy (non-hydrogen) atoms. The first kappa shape index (κ1) is 15.5. The van der Waals surface area contributed by atoms with Gasteiger partial charge in [-0.05, 0) is 30.9 Å². The number of likely N-dealkylation sites (tertiary alicyclic amines) is 1. The molecule has 4 rings (SSSR count). The standard InChI is InChI=1S/C18H27N3O2/c1-2-6-19-17(3-1)12-21-14-18(15-21)5-4-16(13-23-18)11-20-7-9-22-10-8-20/h1-3,6,16H,4-5,7-15H2. The minimum atomic E-state index is 0.135. The number of hydrogen-bond acceptors (Lipinski definition) is 5. The minimum Gasteiger partial charge on any atom is -0.379 e. The van der Waals surface area contributed by atoms with Gasteiger partial charge in [0.1, 0.15) is 0 Å². The van der Waals surface area contributed by atoms with E-state index >= 15 is 0 Å². The van der Waals surface area contributed by atoms with Gasteiger partial charge in [-0.25, -0.2) is 0 Å². The summed E-state index contributed by atoms with van der Waals surface area (Å²) in [4.78, 5) is 9.39. The van der Waals surface area contributed by atoms with Crippen molar-refractivity contribution in [2.24, 2.45) is 5.92 Å². The van der Waals surface area contributed by atoms with E-state index < -0.39 is 0 Å². The van der Waals surface area contributed by atoms with Gasteiger partial charge in [0, 0.05) is 45.5 Å². The van der Waals surface area contributed by atoms with Gasteiger partial charge < -0.3 is 9.47 Å². The fraction of sp³-hybridized carbons (Fsp3) is 0.722. The van der Waals surface area contributed by atoms with Gasteiger partial charge in [-0.15, -0.1) is 0 Å². The molecule has 126 valence electrons. The highest BCUT2D eigenvalue weighted by Crippen LogP contribution is 2.36. The zero-order chi connectivity index (χ0) is 15.5. The van der Waals surface area contributed by atoms with Crippen LogP contribution in [0.2, 0.25) is 0 Å². The molecule has 0 bridgehead atoms. The van der Waals surface area contributed by atoms with Crippen LogP contribution in [-0.2, 0) is 16.0 Å². The molecule has 1 aromatic rings. The second-order valence-corrected chi connectivity index (χ2v) is 7.28. The number of nitrogens with zero attached hydrogens (tertiary/aromatic N) is 3. The van der Waals surface area contributed by atoms with E-state index in [-0.39, 0.29) is 5.60 Å². The van der Waals surface area contributed by atoms with Crippen molar-refractivity contribution >= 4 is 0 Å². The molecule has 3 fully saturated rings. The van der Waals surface area contributed by atoms with E-state index in [1.165, 1.54) is 19.4 Å². The molecule has 4 heterocycles. The normalized spacial score (nSPS) is 28.6. The summed E-state index contributed by atoms with van der Waals surface area (Å²) in [5, 5.41) is 0. The van der Waals surface area contributed by atoms with Crippen molar-refractivity contribution in [3.05, 3.63) is 30.1 Å². The summed E-state index contributed by atoms with van der Waals surface area (Å²) in [5.74, 6) is 0.698. The minimum absolute atomic E-state index is 0.135. The van der Waals surface area contributed by atoms with E-state index in [4.69, 9.17) is 9.47 Å². The molecular formula is C18H27N3O2. The molecule has 0 aromatic carbocycles. The van der Waals surface area contributed by atoms with Gasteiger partial charge in [0.2, 0.25) is 0 Å². The molecular weight excluding hydrogens is 290 g/mol. The van der Waals surface area contributed by atoms with Gasteiger partial charge in [0.25, 0.3) is 0 Å². The van der Waals surface area contributed by atoms with Crippen molar-refractivity contribution in [1.82, 2.24) is 14.8 Å². The van der Waals surface area contributed by atoms with E-state index in [9.17, 15) is 0 Å². The smallest absolute Gasteiger partial charge is 0.0935 e. The van der Waals surface area contributed by atoms with Crippen molar-refractivity contribution in [1.29, 1.82) is 0 Å². The number of pyridine rings is 1. The van der Waals surface area contributed by atoms with Gasteiger partial charge in [0.15, 0.2) is 0 Å². The summed E-state index contributed by atoms with van der Waals surface area (Å²) < 4.78 is 11.7. The molecule has 0 N–H and O–H groups in total. The molecule has 1 spiro atoms. The van der Waals surface area contributed by atoms with E-state index in [2.05, 4.69) is 26.9 Å². The molecule has 1 atom stereocenters. The average Bonchev–Trinajstić information content (AvgIpc) is 2.57. The lowest BCUT2D eigenvalue weighted by molar-refractivity contribution is -0.184. The predicted molar refractivity (Wildman–Crippen MR) is 88.2 cm³/mol. The lowest BCUT2D eigenvalue weighted by Gasteiger charge is -2.53. The van der Waals surface area contributed by atoms with Crippen molar-refractivity contribution in [3.63, 3.8) is 0 Å². The second kappa shape index (κ2) is 6.85. The Morgan fingerprint density at radius 3 is 2.74 bits per heavy atom. The zero-order valence-electron chi connectivity index (χ0n) is 13.8. The number of hydrogen-bond donors (Lipinski definition) is 0. The molecule has 3 aliphatic heterocycles. The molecule has 3 saturated heterocycles. The fourth-order valence-corrected chi connectivity index (χ4v) is 4.06. The third kappa shape index (κ3) is 3.74. The molecule has 1 unspecified atom stereocenters. The maximum atomic E-state index is 6.30. The van der Waals surface area contributed by atoms with Crippen molar-refractivity contribution < 1.29 is 9.47 Å². The van der Waals surface area contributed by atoms with E-state index in [1.807, 2.05) is 12.3 Å². The lowest BCUT2D eigenvalue weighted by atomic mass is 9.82. The highest BCUT2D eigenvalue weighted by Gasteiger charge is 2.46. The Bertz CT molecular complexity index is 488. The maximum absolute atomic E-state index is 6.30. The number of aromatic nitrogens is 1. The third-order valence-electron chi connectivity index (χ3n) is 5.39. The van der Waals surface area contributed by atoms with Crippen LogP contribution >= 0.6 is 0 Å². The zero-order valence-corrected chi connectivity index (χ0v) is 13.8. The van der Waals surface area contributed by atoms with E-state index in [1.54, 1.807) is 0 Å². The van der Waals surface area contributed by atoms with E-state index in [0.29, 0.717) is 5.92 Å². The molecule has 0 amide bonds. The first-order valence-electron chi connectivity index (χ1n) is 8.88. The largest absolute Gasteiger partial charge is 0.379 e. The molecule has 5 heteroatoms. The van der Waals surface area contributed by atoms with Crippen LogP contribution < -0.4 is 0 Å². The summed E-state index contributed by atoms with van der Waals surface area (Å²) in [7, 11) is 0. The molecule has 3 aliphatic rings. The van der Waals surface area contributed by atoms with E-state index in [0.717, 1.165) is 58.2 Å². The summed E-state index contributed by atoms with van der Waals surface area (Å²) in [5.41, 5.74) is 1.29. The van der Waals surface area contributed by atoms with Crippen LogP contribution in [0.25, 0.3) is 0 Å². The Balaban J connectivity index is 1.20. The summed E-state index contributed by atoms with van der Waals surface area (Å²) in [6.45, 7) is 9.12. The Labute approximate surface area is 138 Å². The van der Waals surface area contributed by atoms with Crippen molar-refractivity contribution in [3.8, 4) is 0 Å². The molecule has 5 nitrogen and oxygen atoms in total. The van der Waals surface area contributed by atoms with Gasteiger partial charge in [-0.2, -0.15) is 0 Å². The summed E-state index contributed by atoms with van der Waals surface area (Å²) in [6.07, 6.45) is 4.38. The van der Waals surface area contributed by atoms with Crippen molar-refractivity contribution in [2.45, 2.75) is 25.0 Å². The first-order valence-corrected chi connectivity index (χ1v) is 8.88. The fourth-order valence-electron chi connectivity index (χ4n) is 4.06. The van der Waals surface area contributed by atoms with Crippen LogP contribution in [0.5, 0.6) is 0 Å². The van der Waals surface area contributed by atoms with Crippen LogP contribution in [0.15, 0.2) is 24.4 Å². The van der Waals surface area contributed by atoms with Crippen LogP contribution in [0.3, 0.4) is 0 Å². The Kier molecular flexibility index (Phi) is 4.62. The Hall–Kier alpha value is -1.01. The number of morpholine rings is 1. The summed E-state index contributed by atoms with van der Waals surface area (Å²) in [6, 6.07) is 6.14. The van der Waals surface area contributed by atoms with Gasteiger partial charge >= 0.3 is 0 Å². The highest BCUT2D eigenvalue weighted by molar-refractivity contribution is 5.07. The van der Waals surface area contributed by atoms with Gasteiger partial charge in [0.05, 0.1) is 31.1 Å². The Morgan fingerprint density at radius 2 is 2.04 bits per heavy atom. The van der Waals surface area contributed by atoms with Gasteiger partial charge in [-0.3, -0.25) is 14.8 Å². The summed E-state index contributed by atoms with van der Waals surface area (Å²) >= 11 is 0. The van der Waals surface area contributed by atoms with Crippen LogP contribution in [0.1, 0.15) is 18.5 Å². The highest BCUT2D eigenvalue weighted by atomic mass is 16.5. The SMILES string of the molecule is c1ccc(CN2CC3(CCC(CN4CCOCC4)CO3)C2)nc1. The van der Waals surface area contributed by atoms with Crippen LogP contribution in [-0.4, -0.2) is 72.9 Å². The number of rotatable bonds is 4. The van der Waals surface area contributed by atoms with Crippen LogP contribution in [0, 0.1) is 5.92 Å². The molecule has 0 saturated carbocycles. The second-order valence-electron chi connectivity index (χ2n) is 7.28. The Morgan fingerprint density at radius 1 is 1.17 bits per heavy atom. The molecule has 0 radical (unpaired) electrons. The van der Waals surface area contributed by atoms with Gasteiger partial charge in [-0.1, -0.05) is 6.07 Å². The topological polar surface area (TPSA) is 37.8 Å². The first-order chi connectivity index (χ1) is 11.3. The average molecular weight is 317 g/mol. The molecule has 0 aliphatic carbocycles. The predicted octanol–water partition coefficient (Wildman–Crippen LogP) is 1.39.